The highest BCUT2D eigenvalue weighted by Crippen LogP contribution is 2.09. The molecular weight excluding hydrogens is 208 g/mol. The summed E-state index contributed by atoms with van der Waals surface area (Å²) in [5.74, 6) is 0. The van der Waals surface area contributed by atoms with Crippen molar-refractivity contribution in [2.75, 3.05) is 26.2 Å². The third-order valence-corrected chi connectivity index (χ3v) is 3.10. The molecule has 2 heteroatoms. The fourth-order valence-electron chi connectivity index (χ4n) is 2.26. The van der Waals surface area contributed by atoms with Gasteiger partial charge in [-0.2, -0.15) is 0 Å². The van der Waals surface area contributed by atoms with Crippen LogP contribution in [0.25, 0.3) is 0 Å². The Labute approximate surface area is 105 Å². The summed E-state index contributed by atoms with van der Waals surface area (Å²) >= 11 is 0. The molecule has 17 heavy (non-hydrogen) atoms. The van der Waals surface area contributed by atoms with Crippen LogP contribution in [-0.4, -0.2) is 36.0 Å². The van der Waals surface area contributed by atoms with Crippen molar-refractivity contribution < 1.29 is 0 Å². The molecule has 0 bridgehead atoms. The minimum absolute atomic E-state index is 1.09. The fourth-order valence-corrected chi connectivity index (χ4v) is 2.26. The van der Waals surface area contributed by atoms with E-state index < -0.39 is 0 Å². The van der Waals surface area contributed by atoms with Crippen molar-refractivity contribution in [2.45, 2.75) is 20.4 Å². The van der Waals surface area contributed by atoms with E-state index in [2.05, 4.69) is 60.2 Å². The van der Waals surface area contributed by atoms with Crippen LogP contribution >= 0.6 is 0 Å². The number of rotatable bonds is 3. The zero-order chi connectivity index (χ0) is 12.1. The maximum absolute atomic E-state index is 2.53. The molecular formula is C15H22N2. The third kappa shape index (κ3) is 3.90. The van der Waals surface area contributed by atoms with Gasteiger partial charge in [0.1, 0.15) is 0 Å². The van der Waals surface area contributed by atoms with Crippen molar-refractivity contribution in [3.05, 3.63) is 47.7 Å². The first-order valence-corrected chi connectivity index (χ1v) is 6.39. The fraction of sp³-hybridized carbons (Fsp3) is 0.467. The molecule has 0 unspecified atom stereocenters. The molecule has 1 fully saturated rings. The predicted octanol–water partition coefficient (Wildman–Crippen LogP) is 2.73. The van der Waals surface area contributed by atoms with E-state index in [9.17, 15) is 0 Å². The molecule has 1 aliphatic rings. The SMILES string of the molecule is CC(C)=CN1CCN(Cc2ccccc2)CC1. The van der Waals surface area contributed by atoms with Crippen molar-refractivity contribution >= 4 is 0 Å². The lowest BCUT2D eigenvalue weighted by molar-refractivity contribution is 0.161. The van der Waals surface area contributed by atoms with Crippen molar-refractivity contribution in [3.8, 4) is 0 Å². The van der Waals surface area contributed by atoms with E-state index in [1.807, 2.05) is 0 Å². The second-order valence-electron chi connectivity index (χ2n) is 5.00. The van der Waals surface area contributed by atoms with Gasteiger partial charge in [-0.15, -0.1) is 0 Å². The van der Waals surface area contributed by atoms with Gasteiger partial charge in [-0.25, -0.2) is 0 Å². The summed E-state index contributed by atoms with van der Waals surface area (Å²) in [4.78, 5) is 4.96. The Balaban J connectivity index is 1.82. The van der Waals surface area contributed by atoms with Gasteiger partial charge in [-0.05, 0) is 25.6 Å². The predicted molar refractivity (Wildman–Crippen MR) is 72.7 cm³/mol. The highest BCUT2D eigenvalue weighted by Gasteiger charge is 2.14. The largest absolute Gasteiger partial charge is 0.375 e. The van der Waals surface area contributed by atoms with Crippen molar-refractivity contribution in [1.29, 1.82) is 0 Å². The van der Waals surface area contributed by atoms with Crippen LogP contribution in [0.4, 0.5) is 0 Å². The summed E-state index contributed by atoms with van der Waals surface area (Å²) in [6.45, 7) is 10.0. The number of piperazine rings is 1. The lowest BCUT2D eigenvalue weighted by Crippen LogP contribution is -2.43. The Kier molecular flexibility index (Phi) is 4.21. The van der Waals surface area contributed by atoms with Gasteiger partial charge >= 0.3 is 0 Å². The zero-order valence-electron chi connectivity index (χ0n) is 10.9. The van der Waals surface area contributed by atoms with Crippen LogP contribution in [0.1, 0.15) is 19.4 Å². The van der Waals surface area contributed by atoms with E-state index in [1.165, 1.54) is 24.2 Å². The van der Waals surface area contributed by atoms with Crippen molar-refractivity contribution in [3.63, 3.8) is 0 Å². The Morgan fingerprint density at radius 3 is 2.29 bits per heavy atom. The smallest absolute Gasteiger partial charge is 0.0301 e. The standard InChI is InChI=1S/C15H22N2/c1-14(2)12-16-8-10-17(11-9-16)13-15-6-4-3-5-7-15/h3-7,12H,8-11,13H2,1-2H3. The van der Waals surface area contributed by atoms with Crippen molar-refractivity contribution in [2.24, 2.45) is 0 Å². The van der Waals surface area contributed by atoms with E-state index in [0.717, 1.165) is 19.6 Å². The second-order valence-corrected chi connectivity index (χ2v) is 5.00. The Hall–Kier alpha value is -1.28. The first-order valence-electron chi connectivity index (χ1n) is 6.39. The molecule has 2 rings (SSSR count). The summed E-state index contributed by atoms with van der Waals surface area (Å²) in [7, 11) is 0. The minimum Gasteiger partial charge on any atom is -0.375 e. The first-order chi connectivity index (χ1) is 8.24. The zero-order valence-corrected chi connectivity index (χ0v) is 10.9. The van der Waals surface area contributed by atoms with Gasteiger partial charge in [0.05, 0.1) is 0 Å². The average molecular weight is 230 g/mol. The van der Waals surface area contributed by atoms with E-state index >= 15 is 0 Å². The molecule has 0 atom stereocenters. The van der Waals surface area contributed by atoms with Gasteiger partial charge in [0.15, 0.2) is 0 Å². The van der Waals surface area contributed by atoms with Gasteiger partial charge in [-0.1, -0.05) is 35.9 Å². The monoisotopic (exact) mass is 230 g/mol. The molecule has 1 aliphatic heterocycles. The number of allylic oxidation sites excluding steroid dienone is 1. The molecule has 0 spiro atoms. The highest BCUT2D eigenvalue weighted by atomic mass is 15.2. The maximum atomic E-state index is 2.53. The van der Waals surface area contributed by atoms with E-state index in [1.54, 1.807) is 0 Å². The Morgan fingerprint density at radius 1 is 1.06 bits per heavy atom. The van der Waals surface area contributed by atoms with Gasteiger partial charge < -0.3 is 4.90 Å². The molecule has 0 radical (unpaired) electrons. The molecule has 1 aromatic carbocycles. The second kappa shape index (κ2) is 5.87. The summed E-state index contributed by atoms with van der Waals surface area (Å²) in [6.07, 6.45) is 2.28. The Morgan fingerprint density at radius 2 is 1.71 bits per heavy atom. The van der Waals surface area contributed by atoms with E-state index in [0.29, 0.717) is 0 Å². The summed E-state index contributed by atoms with van der Waals surface area (Å²) in [5, 5.41) is 0. The number of hydrogen-bond acceptors (Lipinski definition) is 2. The minimum atomic E-state index is 1.09. The van der Waals surface area contributed by atoms with Crippen LogP contribution in [0.15, 0.2) is 42.1 Å². The van der Waals surface area contributed by atoms with Crippen LogP contribution in [0.2, 0.25) is 0 Å². The van der Waals surface area contributed by atoms with E-state index in [4.69, 9.17) is 0 Å². The normalized spacial score (nSPS) is 16.9. The number of nitrogens with zero attached hydrogens (tertiary/aromatic N) is 2. The first kappa shape index (κ1) is 12.2. The van der Waals surface area contributed by atoms with Gasteiger partial charge in [0.2, 0.25) is 0 Å². The maximum Gasteiger partial charge on any atom is 0.0301 e. The van der Waals surface area contributed by atoms with Gasteiger partial charge in [-0.3, -0.25) is 4.90 Å². The lowest BCUT2D eigenvalue weighted by Gasteiger charge is -2.34. The molecule has 0 aromatic heterocycles. The summed E-state index contributed by atoms with van der Waals surface area (Å²) in [5.41, 5.74) is 2.81. The molecule has 0 aliphatic carbocycles. The molecule has 0 N–H and O–H groups in total. The third-order valence-electron chi connectivity index (χ3n) is 3.10. The molecule has 0 amide bonds. The van der Waals surface area contributed by atoms with Crippen molar-refractivity contribution in [1.82, 2.24) is 9.80 Å². The van der Waals surface area contributed by atoms with Gasteiger partial charge in [0, 0.05) is 32.7 Å². The van der Waals surface area contributed by atoms with Crippen LogP contribution in [0.3, 0.4) is 0 Å². The van der Waals surface area contributed by atoms with Crippen LogP contribution in [0.5, 0.6) is 0 Å². The molecule has 1 saturated heterocycles. The highest BCUT2D eigenvalue weighted by molar-refractivity contribution is 5.14. The van der Waals surface area contributed by atoms with Gasteiger partial charge in [0.25, 0.3) is 0 Å². The van der Waals surface area contributed by atoms with E-state index in [-0.39, 0.29) is 0 Å². The molecule has 92 valence electrons. The Bertz CT molecular complexity index is 358. The van der Waals surface area contributed by atoms with Crippen LogP contribution in [0, 0.1) is 0 Å². The van der Waals surface area contributed by atoms with Crippen LogP contribution in [-0.2, 0) is 6.54 Å². The summed E-state index contributed by atoms with van der Waals surface area (Å²) < 4.78 is 0. The number of benzene rings is 1. The average Bonchev–Trinajstić information content (AvgIpc) is 2.32. The summed E-state index contributed by atoms with van der Waals surface area (Å²) in [6, 6.07) is 10.7. The molecule has 2 nitrogen and oxygen atoms in total. The topological polar surface area (TPSA) is 6.48 Å². The number of hydrogen-bond donors (Lipinski definition) is 0. The van der Waals surface area contributed by atoms with Crippen LogP contribution < -0.4 is 0 Å². The lowest BCUT2D eigenvalue weighted by atomic mass is 10.2. The molecule has 0 saturated carbocycles. The molecule has 1 heterocycles. The molecule has 1 aromatic rings. The quantitative estimate of drug-likeness (QED) is 0.788.